The summed E-state index contributed by atoms with van der Waals surface area (Å²) in [6, 6.07) is 15.3. The van der Waals surface area contributed by atoms with Crippen LogP contribution in [-0.4, -0.2) is 34.7 Å². The Balaban J connectivity index is 2.02. The number of carbonyl (C=O) groups is 1. The lowest BCUT2D eigenvalue weighted by Crippen LogP contribution is -2.09. The molecule has 1 heterocycles. The third kappa shape index (κ3) is 3.94. The number of aromatic nitrogens is 3. The molecule has 2 aromatic carbocycles. The largest absolute Gasteiger partial charge is 0.497 e. The molecule has 0 bridgehead atoms. The van der Waals surface area contributed by atoms with E-state index in [1.807, 2.05) is 48.5 Å². The average molecular weight is 416 g/mol. The molecule has 3 rings (SSSR count). The molecule has 0 radical (unpaired) electrons. The van der Waals surface area contributed by atoms with Crippen LogP contribution in [0, 0.1) is 0 Å². The maximum Gasteiger partial charge on any atom is 0.361 e. The first-order valence-corrected chi connectivity index (χ1v) is 8.91. The molecule has 0 amide bonds. The number of rotatable bonds is 6. The minimum atomic E-state index is -0.483. The van der Waals surface area contributed by atoms with Crippen LogP contribution in [0.1, 0.15) is 23.0 Å². The smallest absolute Gasteiger partial charge is 0.361 e. The second-order valence-electron chi connectivity index (χ2n) is 5.52. The summed E-state index contributed by atoms with van der Waals surface area (Å²) in [4.78, 5) is 12.3. The van der Waals surface area contributed by atoms with E-state index in [0.717, 1.165) is 21.3 Å². The van der Waals surface area contributed by atoms with E-state index in [2.05, 4.69) is 26.2 Å². The van der Waals surface area contributed by atoms with Crippen LogP contribution in [0.4, 0.5) is 0 Å². The van der Waals surface area contributed by atoms with E-state index < -0.39 is 5.97 Å². The van der Waals surface area contributed by atoms with Crippen LogP contribution >= 0.6 is 15.9 Å². The molecule has 0 spiro atoms. The van der Waals surface area contributed by atoms with Gasteiger partial charge in [-0.1, -0.05) is 45.4 Å². The van der Waals surface area contributed by atoms with Gasteiger partial charge in [0.15, 0.2) is 5.69 Å². The van der Waals surface area contributed by atoms with Crippen molar-refractivity contribution in [1.82, 2.24) is 15.0 Å². The van der Waals surface area contributed by atoms with Crippen LogP contribution in [0.2, 0.25) is 0 Å². The standard InChI is InChI=1S/C19H18BrN3O3/c1-3-26-19(24)17-18(14-5-4-6-15(20)11-14)23(22-21-17)12-13-7-9-16(25-2)10-8-13/h4-11H,3,12H2,1-2H3. The summed E-state index contributed by atoms with van der Waals surface area (Å²) in [6.07, 6.45) is 0. The van der Waals surface area contributed by atoms with Gasteiger partial charge in [-0.2, -0.15) is 0 Å². The van der Waals surface area contributed by atoms with Gasteiger partial charge in [-0.3, -0.25) is 0 Å². The van der Waals surface area contributed by atoms with Gasteiger partial charge in [0.1, 0.15) is 11.4 Å². The lowest BCUT2D eigenvalue weighted by Gasteiger charge is -2.09. The molecular formula is C19H18BrN3O3. The van der Waals surface area contributed by atoms with E-state index in [4.69, 9.17) is 9.47 Å². The number of hydrogen-bond donors (Lipinski definition) is 0. The van der Waals surface area contributed by atoms with Crippen molar-refractivity contribution in [2.24, 2.45) is 0 Å². The summed E-state index contributed by atoms with van der Waals surface area (Å²) in [5.74, 6) is 0.301. The number of benzene rings is 2. The number of carbonyl (C=O) groups excluding carboxylic acids is 1. The van der Waals surface area contributed by atoms with Crippen LogP contribution in [-0.2, 0) is 11.3 Å². The Morgan fingerprint density at radius 3 is 2.62 bits per heavy atom. The third-order valence-electron chi connectivity index (χ3n) is 3.79. The van der Waals surface area contributed by atoms with E-state index in [0.29, 0.717) is 12.2 Å². The molecule has 0 saturated carbocycles. The fourth-order valence-electron chi connectivity index (χ4n) is 2.59. The number of methoxy groups -OCH3 is 1. The highest BCUT2D eigenvalue weighted by atomic mass is 79.9. The Morgan fingerprint density at radius 2 is 1.96 bits per heavy atom. The Bertz CT molecular complexity index is 907. The van der Waals surface area contributed by atoms with Crippen molar-refractivity contribution in [1.29, 1.82) is 0 Å². The first kappa shape index (κ1) is 18.1. The molecule has 26 heavy (non-hydrogen) atoms. The van der Waals surface area contributed by atoms with Gasteiger partial charge in [0.25, 0.3) is 0 Å². The zero-order valence-electron chi connectivity index (χ0n) is 14.5. The monoisotopic (exact) mass is 415 g/mol. The molecule has 0 saturated heterocycles. The van der Waals surface area contributed by atoms with Gasteiger partial charge in [0.05, 0.1) is 20.3 Å². The highest BCUT2D eigenvalue weighted by Gasteiger charge is 2.22. The lowest BCUT2D eigenvalue weighted by atomic mass is 10.1. The number of halogens is 1. The summed E-state index contributed by atoms with van der Waals surface area (Å²) < 4.78 is 12.9. The predicted molar refractivity (Wildman–Crippen MR) is 101 cm³/mol. The summed E-state index contributed by atoms with van der Waals surface area (Å²) >= 11 is 3.47. The highest BCUT2D eigenvalue weighted by molar-refractivity contribution is 9.10. The molecule has 6 nitrogen and oxygen atoms in total. The van der Waals surface area contributed by atoms with Gasteiger partial charge < -0.3 is 9.47 Å². The molecule has 0 atom stereocenters. The third-order valence-corrected chi connectivity index (χ3v) is 4.29. The first-order chi connectivity index (χ1) is 12.6. The van der Waals surface area contributed by atoms with E-state index in [1.54, 1.807) is 18.7 Å². The van der Waals surface area contributed by atoms with Crippen molar-refractivity contribution in [3.63, 3.8) is 0 Å². The first-order valence-electron chi connectivity index (χ1n) is 8.12. The van der Waals surface area contributed by atoms with Crippen molar-refractivity contribution in [3.05, 3.63) is 64.3 Å². The van der Waals surface area contributed by atoms with Gasteiger partial charge in [0, 0.05) is 10.0 Å². The van der Waals surface area contributed by atoms with Gasteiger partial charge in [0.2, 0.25) is 0 Å². The molecule has 1 aromatic heterocycles. The molecule has 134 valence electrons. The Labute approximate surface area is 159 Å². The summed E-state index contributed by atoms with van der Waals surface area (Å²) in [6.45, 7) is 2.51. The number of nitrogens with zero attached hydrogens (tertiary/aromatic N) is 3. The molecule has 0 aliphatic rings. The summed E-state index contributed by atoms with van der Waals surface area (Å²) in [5, 5.41) is 8.25. The summed E-state index contributed by atoms with van der Waals surface area (Å²) in [7, 11) is 1.63. The maximum absolute atomic E-state index is 12.3. The second kappa shape index (κ2) is 8.14. The quantitative estimate of drug-likeness (QED) is 0.570. The number of hydrogen-bond acceptors (Lipinski definition) is 5. The average Bonchev–Trinajstić information content (AvgIpc) is 3.06. The second-order valence-corrected chi connectivity index (χ2v) is 6.44. The normalized spacial score (nSPS) is 10.6. The number of ether oxygens (including phenoxy) is 2. The fourth-order valence-corrected chi connectivity index (χ4v) is 2.99. The summed E-state index contributed by atoms with van der Waals surface area (Å²) in [5.41, 5.74) is 2.68. The minimum Gasteiger partial charge on any atom is -0.497 e. The highest BCUT2D eigenvalue weighted by Crippen LogP contribution is 2.26. The van der Waals surface area contributed by atoms with Gasteiger partial charge in [-0.25, -0.2) is 9.48 Å². The van der Waals surface area contributed by atoms with Crippen molar-refractivity contribution in [2.75, 3.05) is 13.7 Å². The van der Waals surface area contributed by atoms with E-state index in [9.17, 15) is 4.79 Å². The molecule has 0 aliphatic carbocycles. The Morgan fingerprint density at radius 1 is 1.19 bits per heavy atom. The van der Waals surface area contributed by atoms with Crippen molar-refractivity contribution < 1.29 is 14.3 Å². The number of esters is 1. The zero-order valence-corrected chi connectivity index (χ0v) is 16.1. The zero-order chi connectivity index (χ0) is 18.5. The SMILES string of the molecule is CCOC(=O)c1nnn(Cc2ccc(OC)cc2)c1-c1cccc(Br)c1. The van der Waals surface area contributed by atoms with Crippen LogP contribution in [0.15, 0.2) is 53.0 Å². The van der Waals surface area contributed by atoms with Crippen LogP contribution in [0.25, 0.3) is 11.3 Å². The lowest BCUT2D eigenvalue weighted by molar-refractivity contribution is 0.0520. The molecule has 0 unspecified atom stereocenters. The van der Waals surface area contributed by atoms with Gasteiger partial charge in [-0.15, -0.1) is 5.10 Å². The Kier molecular flexibility index (Phi) is 5.68. The fraction of sp³-hybridized carbons (Fsp3) is 0.211. The van der Waals surface area contributed by atoms with Crippen molar-refractivity contribution in [3.8, 4) is 17.0 Å². The van der Waals surface area contributed by atoms with E-state index >= 15 is 0 Å². The molecule has 0 aliphatic heterocycles. The predicted octanol–water partition coefficient (Wildman–Crippen LogP) is 3.94. The molecule has 3 aromatic rings. The van der Waals surface area contributed by atoms with Gasteiger partial charge in [-0.05, 0) is 36.8 Å². The van der Waals surface area contributed by atoms with Gasteiger partial charge >= 0.3 is 5.97 Å². The van der Waals surface area contributed by atoms with E-state index in [-0.39, 0.29) is 12.3 Å². The minimum absolute atomic E-state index is 0.207. The van der Waals surface area contributed by atoms with Crippen molar-refractivity contribution in [2.45, 2.75) is 13.5 Å². The van der Waals surface area contributed by atoms with Crippen LogP contribution in [0.5, 0.6) is 5.75 Å². The van der Waals surface area contributed by atoms with Crippen LogP contribution < -0.4 is 4.74 Å². The molecule has 0 N–H and O–H groups in total. The Hall–Kier alpha value is -2.67. The van der Waals surface area contributed by atoms with Crippen LogP contribution in [0.3, 0.4) is 0 Å². The van der Waals surface area contributed by atoms with Crippen molar-refractivity contribution >= 4 is 21.9 Å². The molecule has 7 heteroatoms. The topological polar surface area (TPSA) is 66.2 Å². The maximum atomic E-state index is 12.3. The molecule has 0 fully saturated rings. The van der Waals surface area contributed by atoms with E-state index in [1.165, 1.54) is 0 Å². The molecular weight excluding hydrogens is 398 g/mol.